The van der Waals surface area contributed by atoms with Gasteiger partial charge in [-0.3, -0.25) is 13.9 Å². The maximum atomic E-state index is 12.7. The molecule has 0 spiro atoms. The fourth-order valence-corrected chi connectivity index (χ4v) is 4.18. The molecule has 1 saturated heterocycles. The summed E-state index contributed by atoms with van der Waals surface area (Å²) < 4.78 is 31.1. The van der Waals surface area contributed by atoms with Gasteiger partial charge < -0.3 is 15.4 Å². The van der Waals surface area contributed by atoms with Crippen molar-refractivity contribution in [2.45, 2.75) is 25.9 Å². The lowest BCUT2D eigenvalue weighted by molar-refractivity contribution is -0.114. The number of aryl methyl sites for hydroxylation is 1. The normalized spacial score (nSPS) is 16.0. The van der Waals surface area contributed by atoms with Crippen molar-refractivity contribution < 1.29 is 22.7 Å². The summed E-state index contributed by atoms with van der Waals surface area (Å²) in [7, 11) is -3.68. The Bertz CT molecular complexity index is 1030. The largest absolute Gasteiger partial charge is 0.376 e. The van der Waals surface area contributed by atoms with Crippen LogP contribution >= 0.6 is 0 Å². The van der Waals surface area contributed by atoms with Crippen LogP contribution in [0.4, 0.5) is 11.4 Å². The van der Waals surface area contributed by atoms with Crippen LogP contribution in [-0.4, -0.2) is 52.3 Å². The fourth-order valence-electron chi connectivity index (χ4n) is 3.33. The molecule has 8 nitrogen and oxygen atoms in total. The van der Waals surface area contributed by atoms with Gasteiger partial charge in [0.05, 0.1) is 29.3 Å². The predicted molar refractivity (Wildman–Crippen MR) is 120 cm³/mol. The Labute approximate surface area is 182 Å². The number of ether oxygens (including phenoxy) is 1. The van der Waals surface area contributed by atoms with Gasteiger partial charge in [0.1, 0.15) is 6.54 Å². The van der Waals surface area contributed by atoms with Crippen molar-refractivity contribution in [3.8, 4) is 0 Å². The van der Waals surface area contributed by atoms with E-state index in [1.54, 1.807) is 48.5 Å². The number of hydrogen-bond acceptors (Lipinski definition) is 5. The van der Waals surface area contributed by atoms with Gasteiger partial charge in [-0.2, -0.15) is 0 Å². The molecule has 0 radical (unpaired) electrons. The lowest BCUT2D eigenvalue weighted by atomic mass is 10.1. The van der Waals surface area contributed by atoms with Gasteiger partial charge >= 0.3 is 0 Å². The Morgan fingerprint density at radius 2 is 1.84 bits per heavy atom. The molecule has 0 saturated carbocycles. The zero-order valence-corrected chi connectivity index (χ0v) is 18.4. The number of amides is 2. The molecule has 31 heavy (non-hydrogen) atoms. The number of rotatable bonds is 8. The van der Waals surface area contributed by atoms with Crippen molar-refractivity contribution in [3.63, 3.8) is 0 Å². The van der Waals surface area contributed by atoms with Gasteiger partial charge in [0, 0.05) is 13.2 Å². The average molecular weight is 446 g/mol. The fraction of sp³-hybridized carbons (Fsp3) is 0.364. The molecule has 2 amide bonds. The number of nitrogens with one attached hydrogen (secondary N) is 2. The van der Waals surface area contributed by atoms with Gasteiger partial charge in [0.2, 0.25) is 15.9 Å². The molecular weight excluding hydrogens is 418 g/mol. The van der Waals surface area contributed by atoms with Crippen LogP contribution in [-0.2, 0) is 19.6 Å². The minimum atomic E-state index is -3.68. The summed E-state index contributed by atoms with van der Waals surface area (Å²) in [5.74, 6) is -0.879. The first-order chi connectivity index (χ1) is 14.7. The van der Waals surface area contributed by atoms with Gasteiger partial charge in [0.25, 0.3) is 5.91 Å². The van der Waals surface area contributed by atoms with Crippen molar-refractivity contribution in [1.82, 2.24) is 5.32 Å². The van der Waals surface area contributed by atoms with Crippen molar-refractivity contribution in [2.75, 3.05) is 35.6 Å². The van der Waals surface area contributed by atoms with Crippen LogP contribution < -0.4 is 14.9 Å². The number of para-hydroxylation sites is 1. The second-order valence-electron chi connectivity index (χ2n) is 7.54. The molecule has 2 N–H and O–H groups in total. The van der Waals surface area contributed by atoms with E-state index in [-0.39, 0.29) is 12.0 Å². The highest BCUT2D eigenvalue weighted by atomic mass is 32.2. The minimum absolute atomic E-state index is 0.00327. The standard InChI is InChI=1S/C22H27N3O5S/c1-16-9-11-17(12-10-16)25(31(2,28)29)15-21(26)24-20-8-4-3-7-19(20)22(27)23-14-18-6-5-13-30-18/h3-4,7-12,18H,5-6,13-15H2,1-2H3,(H,23,27)(H,24,26). The quantitative estimate of drug-likeness (QED) is 0.649. The number of benzene rings is 2. The van der Waals surface area contributed by atoms with Crippen LogP contribution in [0.25, 0.3) is 0 Å². The molecule has 9 heteroatoms. The zero-order chi connectivity index (χ0) is 22.4. The Hall–Kier alpha value is -2.91. The molecule has 1 unspecified atom stereocenters. The summed E-state index contributed by atoms with van der Waals surface area (Å²) in [6, 6.07) is 13.5. The lowest BCUT2D eigenvalue weighted by Gasteiger charge is -2.22. The molecule has 1 fully saturated rings. The molecular formula is C22H27N3O5S. The number of carbonyl (C=O) groups excluding carboxylic acids is 2. The highest BCUT2D eigenvalue weighted by Gasteiger charge is 2.22. The van der Waals surface area contributed by atoms with E-state index in [0.29, 0.717) is 30.1 Å². The van der Waals surface area contributed by atoms with E-state index in [9.17, 15) is 18.0 Å². The molecule has 2 aromatic carbocycles. The molecule has 2 aromatic rings. The Morgan fingerprint density at radius 1 is 1.13 bits per heavy atom. The topological polar surface area (TPSA) is 105 Å². The number of carbonyl (C=O) groups is 2. The van der Waals surface area contributed by atoms with E-state index >= 15 is 0 Å². The Kier molecular flexibility index (Phi) is 7.29. The van der Waals surface area contributed by atoms with E-state index < -0.39 is 22.5 Å². The number of hydrogen-bond donors (Lipinski definition) is 2. The second kappa shape index (κ2) is 9.93. The summed E-state index contributed by atoms with van der Waals surface area (Å²) in [6.45, 7) is 2.58. The van der Waals surface area contributed by atoms with Crippen LogP contribution in [0.2, 0.25) is 0 Å². The van der Waals surface area contributed by atoms with Crippen molar-refractivity contribution in [2.24, 2.45) is 0 Å². The van der Waals surface area contributed by atoms with Crippen LogP contribution in [0, 0.1) is 6.92 Å². The molecule has 0 bridgehead atoms. The van der Waals surface area contributed by atoms with Crippen LogP contribution in [0.5, 0.6) is 0 Å². The zero-order valence-electron chi connectivity index (χ0n) is 17.6. The first-order valence-electron chi connectivity index (χ1n) is 10.1. The maximum absolute atomic E-state index is 12.7. The first kappa shape index (κ1) is 22.8. The number of sulfonamides is 1. The predicted octanol–water partition coefficient (Wildman–Crippen LogP) is 2.31. The van der Waals surface area contributed by atoms with Gasteiger partial charge in [-0.25, -0.2) is 8.42 Å². The van der Waals surface area contributed by atoms with Crippen LogP contribution in [0.1, 0.15) is 28.8 Å². The average Bonchev–Trinajstić information content (AvgIpc) is 3.24. The van der Waals surface area contributed by atoms with Gasteiger partial charge in [-0.15, -0.1) is 0 Å². The third-order valence-corrected chi connectivity index (χ3v) is 6.11. The van der Waals surface area contributed by atoms with Crippen LogP contribution in [0.3, 0.4) is 0 Å². The van der Waals surface area contributed by atoms with E-state index in [0.717, 1.165) is 29.0 Å². The van der Waals surface area contributed by atoms with E-state index in [4.69, 9.17) is 4.74 Å². The first-order valence-corrected chi connectivity index (χ1v) is 11.9. The molecule has 0 aliphatic carbocycles. The van der Waals surface area contributed by atoms with E-state index in [2.05, 4.69) is 10.6 Å². The van der Waals surface area contributed by atoms with Crippen LogP contribution in [0.15, 0.2) is 48.5 Å². The monoisotopic (exact) mass is 445 g/mol. The van der Waals surface area contributed by atoms with Crippen molar-refractivity contribution in [1.29, 1.82) is 0 Å². The Morgan fingerprint density at radius 3 is 2.48 bits per heavy atom. The third kappa shape index (κ3) is 6.28. The van der Waals surface area contributed by atoms with Crippen molar-refractivity contribution >= 4 is 33.2 Å². The summed E-state index contributed by atoms with van der Waals surface area (Å²) in [5, 5.41) is 5.50. The van der Waals surface area contributed by atoms with E-state index in [1.807, 2.05) is 6.92 Å². The molecule has 3 rings (SSSR count). The SMILES string of the molecule is Cc1ccc(N(CC(=O)Nc2ccccc2C(=O)NCC2CCCO2)S(C)(=O)=O)cc1. The summed E-state index contributed by atoms with van der Waals surface area (Å²) in [6.07, 6.45) is 2.93. The second-order valence-corrected chi connectivity index (χ2v) is 9.45. The summed E-state index contributed by atoms with van der Waals surface area (Å²) in [4.78, 5) is 25.3. The van der Waals surface area contributed by atoms with Crippen molar-refractivity contribution in [3.05, 3.63) is 59.7 Å². The third-order valence-electron chi connectivity index (χ3n) is 4.97. The summed E-state index contributed by atoms with van der Waals surface area (Å²) in [5.41, 5.74) is 1.99. The molecule has 166 valence electrons. The maximum Gasteiger partial charge on any atom is 0.253 e. The van der Waals surface area contributed by atoms with Gasteiger partial charge in [0.15, 0.2) is 0 Å². The molecule has 0 aromatic heterocycles. The number of anilines is 2. The van der Waals surface area contributed by atoms with E-state index in [1.165, 1.54) is 0 Å². The highest BCUT2D eigenvalue weighted by molar-refractivity contribution is 7.92. The smallest absolute Gasteiger partial charge is 0.253 e. The Balaban J connectivity index is 1.70. The minimum Gasteiger partial charge on any atom is -0.376 e. The molecule has 1 aliphatic rings. The number of nitrogens with zero attached hydrogens (tertiary/aromatic N) is 1. The van der Waals surface area contributed by atoms with Gasteiger partial charge in [-0.05, 0) is 44.0 Å². The molecule has 1 aliphatic heterocycles. The molecule has 1 heterocycles. The highest BCUT2D eigenvalue weighted by Crippen LogP contribution is 2.20. The summed E-state index contributed by atoms with van der Waals surface area (Å²) >= 11 is 0. The molecule has 1 atom stereocenters. The van der Waals surface area contributed by atoms with Gasteiger partial charge in [-0.1, -0.05) is 29.8 Å². The lowest BCUT2D eigenvalue weighted by Crippen LogP contribution is -2.38.